The summed E-state index contributed by atoms with van der Waals surface area (Å²) in [5.74, 6) is -1.39. The van der Waals surface area contributed by atoms with Gasteiger partial charge in [-0.2, -0.15) is 0 Å². The fraction of sp³-hybridized carbons (Fsp3) is 0.357. The second-order valence-electron chi connectivity index (χ2n) is 4.61. The maximum atomic E-state index is 12.0. The number of aromatic carboxylic acids is 1. The van der Waals surface area contributed by atoms with E-state index in [1.165, 1.54) is 4.57 Å². The topological polar surface area (TPSA) is 75.0 Å². The first-order valence-electron chi connectivity index (χ1n) is 6.17. The third-order valence-electron chi connectivity index (χ3n) is 3.19. The number of ketones is 1. The van der Waals surface area contributed by atoms with Crippen LogP contribution in [0, 0.1) is 6.92 Å². The van der Waals surface area contributed by atoms with E-state index in [0.29, 0.717) is 23.0 Å². The number of carboxylic acid groups (broad SMARTS) is 1. The molecule has 100 valence electrons. The molecule has 0 unspecified atom stereocenters. The van der Waals surface area contributed by atoms with Gasteiger partial charge in [0.05, 0.1) is 11.0 Å². The molecule has 0 aliphatic rings. The van der Waals surface area contributed by atoms with Gasteiger partial charge in [0.2, 0.25) is 0 Å². The lowest BCUT2D eigenvalue weighted by Crippen LogP contribution is -2.25. The Morgan fingerprint density at radius 3 is 2.63 bits per heavy atom. The summed E-state index contributed by atoms with van der Waals surface area (Å²) < 4.78 is 1.46. The van der Waals surface area contributed by atoms with Crippen molar-refractivity contribution in [3.05, 3.63) is 29.1 Å². The van der Waals surface area contributed by atoms with Crippen molar-refractivity contribution in [3.63, 3.8) is 0 Å². The molecule has 0 atom stereocenters. The molecular formula is C14H15N2O3-. The van der Waals surface area contributed by atoms with E-state index in [-0.39, 0.29) is 11.6 Å². The highest BCUT2D eigenvalue weighted by molar-refractivity contribution is 6.01. The summed E-state index contributed by atoms with van der Waals surface area (Å²) in [6.07, 6.45) is 1.26. The van der Waals surface area contributed by atoms with Gasteiger partial charge >= 0.3 is 0 Å². The van der Waals surface area contributed by atoms with Gasteiger partial charge in [-0.05, 0) is 31.0 Å². The van der Waals surface area contributed by atoms with Gasteiger partial charge < -0.3 is 14.5 Å². The van der Waals surface area contributed by atoms with Crippen LogP contribution in [0.1, 0.15) is 46.3 Å². The third-order valence-corrected chi connectivity index (χ3v) is 3.19. The van der Waals surface area contributed by atoms with Crippen molar-refractivity contribution in [2.45, 2.75) is 26.7 Å². The highest BCUT2D eigenvalue weighted by Gasteiger charge is 2.14. The predicted octanol–water partition coefficient (Wildman–Crippen LogP) is 1.23. The number of hydrogen-bond donors (Lipinski definition) is 0. The Balaban J connectivity index is 2.63. The van der Waals surface area contributed by atoms with Crippen LogP contribution in [-0.2, 0) is 7.05 Å². The summed E-state index contributed by atoms with van der Waals surface area (Å²) in [4.78, 5) is 26.9. The molecule has 0 aliphatic heterocycles. The van der Waals surface area contributed by atoms with Gasteiger partial charge in [-0.15, -0.1) is 0 Å². The van der Waals surface area contributed by atoms with Gasteiger partial charge in [-0.25, -0.2) is 4.98 Å². The number of rotatable bonds is 4. The first-order valence-corrected chi connectivity index (χ1v) is 6.17. The zero-order valence-electron chi connectivity index (χ0n) is 11.2. The molecule has 0 spiro atoms. The third kappa shape index (κ3) is 2.23. The average Bonchev–Trinajstić information content (AvgIpc) is 2.66. The molecule has 0 fully saturated rings. The number of benzene rings is 1. The highest BCUT2D eigenvalue weighted by atomic mass is 16.4. The lowest BCUT2D eigenvalue weighted by Gasteiger charge is -2.05. The van der Waals surface area contributed by atoms with Crippen molar-refractivity contribution in [2.75, 3.05) is 0 Å². The molecule has 2 aromatic rings. The minimum Gasteiger partial charge on any atom is -0.542 e. The Hall–Kier alpha value is -2.17. The van der Waals surface area contributed by atoms with E-state index in [9.17, 15) is 14.7 Å². The fourth-order valence-corrected chi connectivity index (χ4v) is 2.19. The number of aryl methyl sites for hydroxylation is 2. The Bertz CT molecular complexity index is 671. The molecule has 1 aromatic carbocycles. The molecule has 0 bridgehead atoms. The smallest absolute Gasteiger partial charge is 0.163 e. The Morgan fingerprint density at radius 1 is 1.37 bits per heavy atom. The molecule has 5 nitrogen and oxygen atoms in total. The Labute approximate surface area is 110 Å². The summed E-state index contributed by atoms with van der Waals surface area (Å²) in [6.45, 7) is 3.79. The van der Waals surface area contributed by atoms with Gasteiger partial charge in [-0.3, -0.25) is 4.79 Å². The van der Waals surface area contributed by atoms with Crippen LogP contribution in [0.3, 0.4) is 0 Å². The molecule has 0 saturated heterocycles. The van der Waals surface area contributed by atoms with Crippen molar-refractivity contribution in [1.29, 1.82) is 0 Å². The maximum Gasteiger partial charge on any atom is 0.163 e. The van der Waals surface area contributed by atoms with Crippen LogP contribution in [0.4, 0.5) is 0 Å². The molecule has 0 radical (unpaired) electrons. The van der Waals surface area contributed by atoms with Crippen LogP contribution in [0.2, 0.25) is 0 Å². The van der Waals surface area contributed by atoms with Crippen molar-refractivity contribution in [1.82, 2.24) is 9.55 Å². The van der Waals surface area contributed by atoms with Gasteiger partial charge in [0, 0.05) is 19.0 Å². The number of imidazole rings is 1. The molecule has 5 heteroatoms. The van der Waals surface area contributed by atoms with E-state index in [1.54, 1.807) is 19.2 Å². The van der Waals surface area contributed by atoms with Crippen molar-refractivity contribution in [3.8, 4) is 0 Å². The number of carbonyl (C=O) groups is 2. The number of hydrogen-bond acceptors (Lipinski definition) is 4. The van der Waals surface area contributed by atoms with Crippen LogP contribution >= 0.6 is 0 Å². The maximum absolute atomic E-state index is 12.0. The number of nitrogens with zero attached hydrogens (tertiary/aromatic N) is 2. The van der Waals surface area contributed by atoms with Crippen LogP contribution in [0.25, 0.3) is 11.0 Å². The zero-order valence-corrected chi connectivity index (χ0v) is 11.2. The SMILES string of the molecule is CCCC(=O)c1cc2nc(C(=O)[O-])n(C)c2cc1C. The molecule has 19 heavy (non-hydrogen) atoms. The monoisotopic (exact) mass is 259 g/mol. The van der Waals surface area contributed by atoms with Crippen molar-refractivity contribution in [2.24, 2.45) is 7.05 Å². The summed E-state index contributed by atoms with van der Waals surface area (Å²) in [5, 5.41) is 10.9. The quantitative estimate of drug-likeness (QED) is 0.774. The second-order valence-corrected chi connectivity index (χ2v) is 4.61. The Morgan fingerprint density at radius 2 is 2.05 bits per heavy atom. The number of Topliss-reactive ketones (excluding diaryl/α,β-unsaturated/α-hetero) is 1. The van der Waals surface area contributed by atoms with Crippen LogP contribution in [0.5, 0.6) is 0 Å². The molecule has 0 amide bonds. The number of aromatic nitrogens is 2. The number of carboxylic acids is 1. The normalized spacial score (nSPS) is 10.9. The van der Waals surface area contributed by atoms with E-state index in [0.717, 1.165) is 12.0 Å². The minimum atomic E-state index is -1.32. The van der Waals surface area contributed by atoms with E-state index >= 15 is 0 Å². The summed E-state index contributed by atoms with van der Waals surface area (Å²) >= 11 is 0. The van der Waals surface area contributed by atoms with E-state index < -0.39 is 5.97 Å². The van der Waals surface area contributed by atoms with Gasteiger partial charge in [-0.1, -0.05) is 6.92 Å². The fourth-order valence-electron chi connectivity index (χ4n) is 2.19. The number of fused-ring (bicyclic) bond motifs is 1. The van der Waals surface area contributed by atoms with Crippen LogP contribution < -0.4 is 5.11 Å². The summed E-state index contributed by atoms with van der Waals surface area (Å²) in [5.41, 5.74) is 2.63. The summed E-state index contributed by atoms with van der Waals surface area (Å²) in [6, 6.07) is 3.45. The van der Waals surface area contributed by atoms with E-state index in [2.05, 4.69) is 4.98 Å². The van der Waals surface area contributed by atoms with Crippen LogP contribution in [-0.4, -0.2) is 21.3 Å². The van der Waals surface area contributed by atoms with Crippen molar-refractivity contribution < 1.29 is 14.7 Å². The summed E-state index contributed by atoms with van der Waals surface area (Å²) in [7, 11) is 1.62. The van der Waals surface area contributed by atoms with Gasteiger partial charge in [0.25, 0.3) is 0 Å². The lowest BCUT2D eigenvalue weighted by atomic mass is 10.0. The second kappa shape index (κ2) is 4.84. The first-order chi connectivity index (χ1) is 8.95. The molecule has 0 N–H and O–H groups in total. The Kier molecular flexibility index (Phi) is 3.38. The lowest BCUT2D eigenvalue weighted by molar-refractivity contribution is -0.256. The minimum absolute atomic E-state index is 0.0579. The van der Waals surface area contributed by atoms with Crippen LogP contribution in [0.15, 0.2) is 12.1 Å². The molecule has 1 heterocycles. The molecule has 1 aromatic heterocycles. The molecule has 0 aliphatic carbocycles. The number of carbonyl (C=O) groups excluding carboxylic acids is 2. The first kappa shape index (κ1) is 13.3. The van der Waals surface area contributed by atoms with Gasteiger partial charge in [0.15, 0.2) is 11.6 Å². The molecular weight excluding hydrogens is 244 g/mol. The van der Waals surface area contributed by atoms with Crippen molar-refractivity contribution >= 4 is 22.8 Å². The zero-order chi connectivity index (χ0) is 14.2. The van der Waals surface area contributed by atoms with E-state index in [1.807, 2.05) is 13.8 Å². The average molecular weight is 259 g/mol. The molecule has 0 saturated carbocycles. The highest BCUT2D eigenvalue weighted by Crippen LogP contribution is 2.21. The predicted molar refractivity (Wildman–Crippen MR) is 69.0 cm³/mol. The molecule has 2 rings (SSSR count). The standard InChI is InChI=1S/C14H16N2O3/c1-4-5-12(17)9-7-10-11(6-8(9)2)16(3)13(15-10)14(18)19/h6-7H,4-5H2,1-3H3,(H,18,19)/p-1. The largest absolute Gasteiger partial charge is 0.542 e. The van der Waals surface area contributed by atoms with Gasteiger partial charge in [0.1, 0.15) is 5.97 Å². The van der Waals surface area contributed by atoms with E-state index in [4.69, 9.17) is 0 Å².